The molecule has 6 aliphatic carbocycles. The number of ketones is 1. The van der Waals surface area contributed by atoms with E-state index in [1.807, 2.05) is 30.3 Å². The molecule has 9 rings (SSSR count). The Balaban J connectivity index is 1.22. The predicted molar refractivity (Wildman–Crippen MR) is 197 cm³/mol. The molecule has 3 fully saturated rings. The Morgan fingerprint density at radius 1 is 0.961 bits per heavy atom. The van der Waals surface area contributed by atoms with Crippen LogP contribution < -0.4 is 0 Å². The zero-order valence-electron chi connectivity index (χ0n) is 29.0. The van der Waals surface area contributed by atoms with Crippen LogP contribution in [-0.4, -0.2) is 47.0 Å². The van der Waals surface area contributed by atoms with E-state index in [1.54, 1.807) is 23.6 Å². The van der Waals surface area contributed by atoms with Crippen LogP contribution in [0.15, 0.2) is 94.1 Å². The minimum Gasteiger partial charge on any atom is -0.393 e. The lowest BCUT2D eigenvalue weighted by Gasteiger charge is -2.71. The summed E-state index contributed by atoms with van der Waals surface area (Å²) in [6.45, 7) is 4.45. The second-order valence-corrected chi connectivity index (χ2v) is 19.8. The zero-order valence-corrected chi connectivity index (χ0v) is 31.4. The van der Waals surface area contributed by atoms with Crippen molar-refractivity contribution in [2.45, 2.75) is 87.7 Å². The summed E-state index contributed by atoms with van der Waals surface area (Å²) in [5.41, 5.74) is -2.00. The third-order valence-electron chi connectivity index (χ3n) is 14.1. The number of aliphatic hydroxyl groups excluding tert-OH is 1. The molecule has 10 heteroatoms. The highest BCUT2D eigenvalue weighted by molar-refractivity contribution is 7.91. The summed E-state index contributed by atoms with van der Waals surface area (Å²) < 4.78 is 45.3. The minimum absolute atomic E-state index is 0.0539. The Bertz CT molecular complexity index is 2020. The maximum atomic E-state index is 15.1. The summed E-state index contributed by atoms with van der Waals surface area (Å²) in [7, 11) is -3.94. The first-order chi connectivity index (χ1) is 24.2. The molecule has 2 spiro atoms. The van der Waals surface area contributed by atoms with Gasteiger partial charge < -0.3 is 10.2 Å². The number of carbonyl (C=O) groups is 1. The number of nitrogens with zero attached hydrogens (tertiary/aromatic N) is 1. The third kappa shape index (κ3) is 5.09. The second kappa shape index (κ2) is 12.2. The topological polar surface area (TPSA) is 94.9 Å². The number of fused-ring (bicyclic) bond motifs is 1. The van der Waals surface area contributed by atoms with Gasteiger partial charge in [-0.1, -0.05) is 86.1 Å². The van der Waals surface area contributed by atoms with Gasteiger partial charge in [0.25, 0.3) is 10.0 Å². The number of hydrogen-bond acceptors (Lipinski definition) is 6. The SMILES string of the molecule is CC12CCC(O)CC13C=CC1(C(C(=O)Cc4c(F)cccc4Cl)=C3)C2CCC2(C)C1CCC2(O)CN(Cc1ccccc1)S(=O)(=O)c1cccs1. The molecule has 51 heavy (non-hydrogen) atoms. The molecule has 2 N–H and O–H groups in total. The van der Waals surface area contributed by atoms with Crippen molar-refractivity contribution < 1.29 is 27.8 Å². The molecule has 1 aromatic heterocycles. The van der Waals surface area contributed by atoms with Crippen LogP contribution in [0.25, 0.3) is 0 Å². The Kier molecular flexibility index (Phi) is 8.45. The van der Waals surface area contributed by atoms with Gasteiger partial charge in [0.15, 0.2) is 5.78 Å². The van der Waals surface area contributed by atoms with Gasteiger partial charge in [-0.3, -0.25) is 4.79 Å². The van der Waals surface area contributed by atoms with E-state index in [0.29, 0.717) is 37.7 Å². The maximum absolute atomic E-state index is 15.1. The molecule has 0 aliphatic heterocycles. The normalized spacial score (nSPS) is 36.8. The van der Waals surface area contributed by atoms with Gasteiger partial charge in [0.2, 0.25) is 0 Å². The van der Waals surface area contributed by atoms with E-state index in [-0.39, 0.29) is 57.3 Å². The fourth-order valence-corrected chi connectivity index (χ4v) is 14.3. The second-order valence-electron chi connectivity index (χ2n) is 16.3. The summed E-state index contributed by atoms with van der Waals surface area (Å²) >= 11 is 7.63. The molecule has 0 amide bonds. The number of allylic oxidation sites excluding steroid dienone is 4. The molecule has 8 unspecified atom stereocenters. The average Bonchev–Trinajstić information content (AvgIpc) is 3.74. The van der Waals surface area contributed by atoms with E-state index in [4.69, 9.17) is 11.6 Å². The van der Waals surface area contributed by atoms with E-state index >= 15 is 4.39 Å². The fourth-order valence-electron chi connectivity index (χ4n) is 11.5. The summed E-state index contributed by atoms with van der Waals surface area (Å²) in [5.74, 6) is -0.838. The molecule has 2 aromatic carbocycles. The van der Waals surface area contributed by atoms with Crippen LogP contribution in [0.4, 0.5) is 4.39 Å². The molecule has 1 heterocycles. The number of aliphatic hydroxyl groups is 2. The van der Waals surface area contributed by atoms with Gasteiger partial charge in [-0.25, -0.2) is 12.8 Å². The first-order valence-corrected chi connectivity index (χ1v) is 20.8. The van der Waals surface area contributed by atoms with Crippen molar-refractivity contribution in [1.82, 2.24) is 4.31 Å². The highest BCUT2D eigenvalue weighted by Gasteiger charge is 2.74. The minimum atomic E-state index is -3.94. The number of sulfonamides is 1. The molecule has 8 atom stereocenters. The van der Waals surface area contributed by atoms with Crippen molar-refractivity contribution in [3.8, 4) is 0 Å². The molecular weight excluding hydrogens is 705 g/mol. The summed E-state index contributed by atoms with van der Waals surface area (Å²) in [4.78, 5) is 14.7. The molecule has 3 aromatic rings. The predicted octanol–water partition coefficient (Wildman–Crippen LogP) is 8.13. The summed E-state index contributed by atoms with van der Waals surface area (Å²) in [6.07, 6.45) is 10.3. The van der Waals surface area contributed by atoms with Crippen molar-refractivity contribution in [3.63, 3.8) is 0 Å². The first-order valence-electron chi connectivity index (χ1n) is 18.1. The quantitative estimate of drug-likeness (QED) is 0.216. The van der Waals surface area contributed by atoms with Gasteiger partial charge in [0, 0.05) is 51.9 Å². The van der Waals surface area contributed by atoms with Crippen LogP contribution in [0.1, 0.15) is 69.9 Å². The third-order valence-corrected chi connectivity index (χ3v) is 17.7. The van der Waals surface area contributed by atoms with Crippen molar-refractivity contribution >= 4 is 38.7 Å². The number of hydrogen-bond donors (Lipinski definition) is 2. The van der Waals surface area contributed by atoms with Gasteiger partial charge >= 0.3 is 0 Å². The maximum Gasteiger partial charge on any atom is 0.252 e. The molecular formula is C41H45ClFNO5S2. The highest BCUT2D eigenvalue weighted by Crippen LogP contribution is 2.78. The summed E-state index contributed by atoms with van der Waals surface area (Å²) in [6, 6.07) is 17.3. The highest BCUT2D eigenvalue weighted by atomic mass is 35.5. The number of Topliss-reactive ketones (excluding diaryl/α,β-unsaturated/α-hetero) is 1. The van der Waals surface area contributed by atoms with Gasteiger partial charge in [0.1, 0.15) is 10.0 Å². The van der Waals surface area contributed by atoms with E-state index in [2.05, 4.69) is 32.1 Å². The lowest BCUT2D eigenvalue weighted by atomic mass is 9.32. The van der Waals surface area contributed by atoms with Gasteiger partial charge in [-0.05, 0) is 91.3 Å². The molecule has 270 valence electrons. The number of thiophene rings is 1. The van der Waals surface area contributed by atoms with Gasteiger partial charge in [-0.2, -0.15) is 4.31 Å². The molecule has 6 nitrogen and oxygen atoms in total. The van der Waals surface area contributed by atoms with Crippen LogP contribution in [0.3, 0.4) is 0 Å². The van der Waals surface area contributed by atoms with E-state index in [0.717, 1.165) is 18.4 Å². The molecule has 0 radical (unpaired) electrons. The molecule has 2 bridgehead atoms. The Hall–Kier alpha value is -2.66. The molecule has 3 saturated carbocycles. The zero-order chi connectivity index (χ0) is 36.0. The van der Waals surface area contributed by atoms with Crippen molar-refractivity contribution in [3.05, 3.63) is 112 Å². The Morgan fingerprint density at radius 2 is 1.69 bits per heavy atom. The van der Waals surface area contributed by atoms with E-state index < -0.39 is 43.8 Å². The monoisotopic (exact) mass is 749 g/mol. The number of carbonyl (C=O) groups excluding carboxylic acids is 1. The lowest BCUT2D eigenvalue weighted by Crippen LogP contribution is -2.67. The van der Waals surface area contributed by atoms with Crippen LogP contribution in [-0.2, 0) is 27.8 Å². The smallest absolute Gasteiger partial charge is 0.252 e. The lowest BCUT2D eigenvalue weighted by molar-refractivity contribution is -0.177. The van der Waals surface area contributed by atoms with Gasteiger partial charge in [0.05, 0.1) is 11.7 Å². The Labute approximate surface area is 309 Å². The first kappa shape index (κ1) is 35.4. The van der Waals surface area contributed by atoms with Crippen molar-refractivity contribution in [1.29, 1.82) is 0 Å². The van der Waals surface area contributed by atoms with Crippen LogP contribution >= 0.6 is 22.9 Å². The van der Waals surface area contributed by atoms with Crippen LogP contribution in [0, 0.1) is 39.3 Å². The van der Waals surface area contributed by atoms with E-state index in [1.165, 1.54) is 27.8 Å². The van der Waals surface area contributed by atoms with Gasteiger partial charge in [-0.15, -0.1) is 11.3 Å². The van der Waals surface area contributed by atoms with Crippen LogP contribution in [0.5, 0.6) is 0 Å². The summed E-state index contributed by atoms with van der Waals surface area (Å²) in [5, 5.41) is 25.9. The van der Waals surface area contributed by atoms with Crippen molar-refractivity contribution in [2.24, 2.45) is 33.5 Å². The van der Waals surface area contributed by atoms with Crippen molar-refractivity contribution in [2.75, 3.05) is 6.54 Å². The largest absolute Gasteiger partial charge is 0.393 e. The number of rotatable bonds is 9. The fraction of sp³-hybridized carbons (Fsp3) is 0.488. The number of benzene rings is 2. The van der Waals surface area contributed by atoms with Crippen LogP contribution in [0.2, 0.25) is 5.02 Å². The number of halogens is 2. The standard InChI is InChI=1S/C41H45ClFNO5S2/c1-37-16-13-28(45)23-39(37)19-20-41(30(24-39)33(46)22-29-31(42)10-6-11-32(29)43)34(37)14-17-38(2)35(41)15-18-40(38,47)26-44(25-27-8-4-3-5-9-27)51(48,49)36-12-7-21-50-36/h3-12,19-21,24,28,34-35,45,47H,13-18,22-23,25-26H2,1-2H3. The molecule has 0 saturated heterocycles. The van der Waals surface area contributed by atoms with E-state index in [9.17, 15) is 23.4 Å². The Morgan fingerprint density at radius 3 is 2.41 bits per heavy atom. The average molecular weight is 750 g/mol. The molecule has 6 aliphatic rings.